The molecule has 9 rings (SSSR count). The average molecular weight is 1350 g/mol. The van der Waals surface area contributed by atoms with Gasteiger partial charge in [-0.25, -0.2) is 0 Å². The van der Waals surface area contributed by atoms with E-state index in [1.54, 1.807) is 16.9 Å². The SMILES string of the molecule is CCCCCCSC1=C(SCCCCCC)SC(=Cc2ccc(C=C3SC4=C(S3)SC(=Cc3ccc(C=C5SC6=C(SC(=Cc7ccc(C=C8SC(SCCCCCC)=C(SCCCCCC)S8)s7)S6)S5)s3)S4)s2)S1. The van der Waals surface area contributed by atoms with Crippen molar-refractivity contribution >= 4 is 259 Å². The Morgan fingerprint density at radius 2 is 0.467 bits per heavy atom. The number of thiophene rings is 3. The number of thioether (sulfide) groups is 16. The lowest BCUT2D eigenvalue weighted by atomic mass is 10.2. The summed E-state index contributed by atoms with van der Waals surface area (Å²) >= 11 is 37.8. The Hall–Kier alpha value is 2.10. The molecule has 0 aromatic carbocycles. The molecule has 0 radical (unpaired) electrons. The van der Waals surface area contributed by atoms with Crippen LogP contribution < -0.4 is 0 Å². The van der Waals surface area contributed by atoms with Gasteiger partial charge in [0.2, 0.25) is 0 Å². The molecule has 6 aliphatic rings. The highest BCUT2D eigenvalue weighted by molar-refractivity contribution is 8.49. The van der Waals surface area contributed by atoms with Gasteiger partial charge in [-0.05, 0) is 122 Å². The lowest BCUT2D eigenvalue weighted by Crippen LogP contribution is -1.83. The van der Waals surface area contributed by atoms with E-state index in [0.29, 0.717) is 0 Å². The Bertz CT molecular complexity index is 2460. The minimum atomic E-state index is 1.24. The first-order valence-electron chi connectivity index (χ1n) is 26.1. The minimum Gasteiger partial charge on any atom is -0.136 e. The maximum Gasteiger partial charge on any atom is 0.0716 e. The van der Waals surface area contributed by atoms with Crippen molar-refractivity contribution in [1.29, 1.82) is 0 Å². The zero-order valence-corrected chi connectivity index (χ0v) is 58.3. The third kappa shape index (κ3) is 19.8. The highest BCUT2D eigenvalue weighted by Gasteiger charge is 2.32. The van der Waals surface area contributed by atoms with Gasteiger partial charge in [-0.1, -0.05) is 246 Å². The molecule has 9 heterocycles. The molecular weight excluding hydrogens is 1280 g/mol. The van der Waals surface area contributed by atoms with Gasteiger partial charge in [0.05, 0.1) is 59.3 Å². The second-order valence-corrected chi connectivity index (χ2v) is 41.8. The van der Waals surface area contributed by atoms with E-state index in [0.717, 1.165) is 0 Å². The molecule has 0 fully saturated rings. The Kier molecular flexibility index (Phi) is 27.6. The monoisotopic (exact) mass is 1340 g/mol. The molecule has 75 heavy (non-hydrogen) atoms. The Morgan fingerprint density at radius 3 is 0.667 bits per heavy atom. The van der Waals surface area contributed by atoms with Gasteiger partial charge >= 0.3 is 0 Å². The van der Waals surface area contributed by atoms with Crippen LogP contribution in [0, 0.1) is 0 Å². The van der Waals surface area contributed by atoms with Crippen molar-refractivity contribution < 1.29 is 0 Å². The second-order valence-electron chi connectivity index (χ2n) is 17.7. The van der Waals surface area contributed by atoms with E-state index >= 15 is 0 Å². The summed E-state index contributed by atoms with van der Waals surface area (Å²) in [4.78, 5) is 8.07. The molecule has 402 valence electrons. The molecule has 0 saturated carbocycles. The van der Waals surface area contributed by atoms with Crippen molar-refractivity contribution in [2.75, 3.05) is 23.0 Å². The maximum absolute atomic E-state index is 2.44. The van der Waals surface area contributed by atoms with E-state index in [-0.39, 0.29) is 0 Å². The van der Waals surface area contributed by atoms with Crippen LogP contribution in [-0.4, -0.2) is 23.0 Å². The zero-order chi connectivity index (χ0) is 51.6. The predicted octanol–water partition coefficient (Wildman–Crippen LogP) is 27.7. The molecule has 0 saturated heterocycles. The minimum absolute atomic E-state index is 1.24. The van der Waals surface area contributed by atoms with Crippen LogP contribution in [-0.2, 0) is 0 Å². The molecule has 6 aliphatic heterocycles. The van der Waals surface area contributed by atoms with Crippen molar-refractivity contribution in [3.05, 3.63) is 125 Å². The summed E-state index contributed by atoms with van der Waals surface area (Å²) in [5.41, 5.74) is 0. The number of rotatable bonds is 30. The smallest absolute Gasteiger partial charge is 0.0716 e. The first kappa shape index (κ1) is 61.7. The average Bonchev–Trinajstić information content (AvgIpc) is 4.27. The molecule has 0 unspecified atom stereocenters. The fraction of sp³-hybridized carbons (Fsp3) is 0.429. The molecule has 0 N–H and O–H groups in total. The van der Waals surface area contributed by atoms with Crippen molar-refractivity contribution in [2.24, 2.45) is 0 Å². The number of hydrogen-bond acceptors (Lipinski definition) is 19. The van der Waals surface area contributed by atoms with Gasteiger partial charge < -0.3 is 0 Å². The lowest BCUT2D eigenvalue weighted by molar-refractivity contribution is 0.707. The summed E-state index contributed by atoms with van der Waals surface area (Å²) in [6.45, 7) is 9.21. The molecule has 19 heteroatoms. The van der Waals surface area contributed by atoms with E-state index in [4.69, 9.17) is 0 Å². The molecule has 0 atom stereocenters. The summed E-state index contributed by atoms with van der Waals surface area (Å²) in [6.07, 6.45) is 35.9. The molecule has 0 spiro atoms. The van der Waals surface area contributed by atoms with Crippen LogP contribution in [0.2, 0.25) is 0 Å². The molecule has 0 amide bonds. The van der Waals surface area contributed by atoms with Gasteiger partial charge in [-0.2, -0.15) is 0 Å². The van der Waals surface area contributed by atoms with Gasteiger partial charge in [0.15, 0.2) is 0 Å². The van der Waals surface area contributed by atoms with Gasteiger partial charge in [0.1, 0.15) is 0 Å². The largest absolute Gasteiger partial charge is 0.136 e. The van der Waals surface area contributed by atoms with Crippen LogP contribution >= 0.6 is 222 Å². The quantitative estimate of drug-likeness (QED) is 0.0581. The van der Waals surface area contributed by atoms with Gasteiger partial charge in [-0.3, -0.25) is 0 Å². The topological polar surface area (TPSA) is 0 Å². The highest BCUT2D eigenvalue weighted by Crippen LogP contribution is 2.69. The summed E-state index contributed by atoms with van der Waals surface area (Å²) < 4.78 is 20.4. The van der Waals surface area contributed by atoms with Crippen molar-refractivity contribution in [3.8, 4) is 0 Å². The van der Waals surface area contributed by atoms with Gasteiger partial charge in [-0.15, -0.1) is 81.1 Å². The molecule has 0 aliphatic carbocycles. The van der Waals surface area contributed by atoms with Crippen LogP contribution in [0.25, 0.3) is 36.5 Å². The van der Waals surface area contributed by atoms with E-state index in [1.807, 2.05) is 175 Å². The zero-order valence-electron chi connectivity index (χ0n) is 42.8. The third-order valence-corrected chi connectivity index (χ3v) is 36.2. The van der Waals surface area contributed by atoms with Crippen LogP contribution in [0.4, 0.5) is 0 Å². The molecule has 3 aromatic heterocycles. The fourth-order valence-corrected chi connectivity index (χ4v) is 35.3. The molecule has 3 aromatic rings. The van der Waals surface area contributed by atoms with Crippen molar-refractivity contribution in [3.63, 3.8) is 0 Å². The summed E-state index contributed by atoms with van der Waals surface area (Å²) in [5.74, 6) is 4.97. The molecular formula is C56H64S19. The van der Waals surface area contributed by atoms with Crippen LogP contribution in [0.5, 0.6) is 0 Å². The summed E-state index contributed by atoms with van der Waals surface area (Å²) in [6, 6.07) is 13.9. The second kappa shape index (κ2) is 33.6. The summed E-state index contributed by atoms with van der Waals surface area (Å²) in [7, 11) is 0. The van der Waals surface area contributed by atoms with Crippen LogP contribution in [0.3, 0.4) is 0 Å². The highest BCUT2D eigenvalue weighted by atomic mass is 32.3. The Morgan fingerprint density at radius 1 is 0.267 bits per heavy atom. The van der Waals surface area contributed by atoms with E-state index in [9.17, 15) is 0 Å². The van der Waals surface area contributed by atoms with Gasteiger partial charge in [0.25, 0.3) is 0 Å². The van der Waals surface area contributed by atoms with Crippen LogP contribution in [0.15, 0.2) is 95.7 Å². The Labute approximate surface area is 530 Å². The lowest BCUT2D eigenvalue weighted by Gasteiger charge is -2.05. The number of unbranched alkanes of at least 4 members (excludes halogenated alkanes) is 12. The van der Waals surface area contributed by atoms with E-state index in [1.165, 1.54) is 197 Å². The Balaban J connectivity index is 0.712. The van der Waals surface area contributed by atoms with Crippen molar-refractivity contribution in [2.45, 2.75) is 130 Å². The predicted molar refractivity (Wildman–Crippen MR) is 386 cm³/mol. The molecule has 0 nitrogen and oxygen atoms in total. The van der Waals surface area contributed by atoms with Crippen LogP contribution in [0.1, 0.15) is 160 Å². The first-order chi connectivity index (χ1) is 36.9. The number of hydrogen-bond donors (Lipinski definition) is 0. The first-order valence-corrected chi connectivity index (χ1v) is 42.3. The maximum atomic E-state index is 2.44. The normalized spacial score (nSPS) is 17.6. The van der Waals surface area contributed by atoms with Crippen molar-refractivity contribution in [1.82, 2.24) is 0 Å². The summed E-state index contributed by atoms with van der Waals surface area (Å²) in [5, 5.41) is 0. The van der Waals surface area contributed by atoms with E-state index in [2.05, 4.69) is 148 Å². The van der Waals surface area contributed by atoms with Gasteiger partial charge in [0, 0.05) is 29.3 Å². The van der Waals surface area contributed by atoms with E-state index < -0.39 is 0 Å². The fourth-order valence-electron chi connectivity index (χ4n) is 7.55. The third-order valence-electron chi connectivity index (χ3n) is 11.4. The molecule has 0 bridgehead atoms. The standard InChI is InChI=1S/C56H64S19/c1-5-9-13-17-27-57-49-50(58-28-18-14-10-6-2)65-43(64-49)31-37-21-23-39(61-37)33-45-68-53-54(69-45)73-47(72-53)35-41-25-26-42(63-41)36-48-74-55-56(75-48)71-46(70-55)34-40-24-22-38(62-40)32-44-66-51(59-29-19-15-11-7-3)52(67-44)60-30-20-16-12-8-4/h21-26,31-36H,5-20,27-30H2,1-4H3.